The summed E-state index contributed by atoms with van der Waals surface area (Å²) in [5, 5.41) is 0. The van der Waals surface area contributed by atoms with Crippen molar-refractivity contribution >= 4 is 23.2 Å². The molecule has 2 aromatic carbocycles. The van der Waals surface area contributed by atoms with Crippen molar-refractivity contribution in [2.45, 2.75) is 20.3 Å². The maximum atomic E-state index is 12.7. The van der Waals surface area contributed by atoms with Gasteiger partial charge < -0.3 is 4.90 Å². The summed E-state index contributed by atoms with van der Waals surface area (Å²) in [7, 11) is 0. The summed E-state index contributed by atoms with van der Waals surface area (Å²) < 4.78 is 0. The topological polar surface area (TPSA) is 20.3 Å². The SMILES string of the molecule is CCCN1C(=O)/C(=C\c2ccc(C)cc2)c2ccccc21. The highest BCUT2D eigenvalue weighted by atomic mass is 16.2. The number of anilines is 1. The van der Waals surface area contributed by atoms with Crippen LogP contribution in [0.1, 0.15) is 30.0 Å². The highest BCUT2D eigenvalue weighted by molar-refractivity contribution is 6.35. The van der Waals surface area contributed by atoms with Crippen molar-refractivity contribution in [1.82, 2.24) is 0 Å². The van der Waals surface area contributed by atoms with Crippen LogP contribution in [0.15, 0.2) is 48.5 Å². The summed E-state index contributed by atoms with van der Waals surface area (Å²) >= 11 is 0. The largest absolute Gasteiger partial charge is 0.308 e. The van der Waals surface area contributed by atoms with E-state index in [-0.39, 0.29) is 5.91 Å². The number of nitrogens with zero attached hydrogens (tertiary/aromatic N) is 1. The fraction of sp³-hybridized carbons (Fsp3) is 0.211. The molecule has 2 heteroatoms. The van der Waals surface area contributed by atoms with Gasteiger partial charge in [-0.1, -0.05) is 55.0 Å². The molecule has 1 aliphatic rings. The highest BCUT2D eigenvalue weighted by Gasteiger charge is 2.31. The zero-order chi connectivity index (χ0) is 14.8. The molecule has 1 heterocycles. The first-order valence-corrected chi connectivity index (χ1v) is 7.40. The standard InChI is InChI=1S/C19H19NO/c1-3-12-20-18-7-5-4-6-16(18)17(19(20)21)13-15-10-8-14(2)9-11-15/h4-11,13H,3,12H2,1-2H3/b17-13-. The molecule has 0 aliphatic carbocycles. The Balaban J connectivity index is 2.06. The van der Waals surface area contributed by atoms with Crippen molar-refractivity contribution in [2.24, 2.45) is 0 Å². The summed E-state index contributed by atoms with van der Waals surface area (Å²) in [6, 6.07) is 16.3. The normalized spacial score (nSPS) is 15.6. The lowest BCUT2D eigenvalue weighted by molar-refractivity contribution is -0.113. The minimum atomic E-state index is 0.110. The molecule has 2 nitrogen and oxygen atoms in total. The van der Waals surface area contributed by atoms with E-state index in [1.54, 1.807) is 0 Å². The van der Waals surface area contributed by atoms with Crippen LogP contribution in [0.4, 0.5) is 5.69 Å². The van der Waals surface area contributed by atoms with Crippen LogP contribution in [0.5, 0.6) is 0 Å². The number of amides is 1. The Bertz CT molecular complexity index is 698. The quantitative estimate of drug-likeness (QED) is 0.766. The molecule has 0 fully saturated rings. The Labute approximate surface area is 125 Å². The minimum Gasteiger partial charge on any atom is -0.308 e. The van der Waals surface area contributed by atoms with Gasteiger partial charge in [-0.25, -0.2) is 0 Å². The third-order valence-electron chi connectivity index (χ3n) is 3.80. The van der Waals surface area contributed by atoms with Crippen LogP contribution in [0.25, 0.3) is 11.6 Å². The first kappa shape index (κ1) is 13.6. The van der Waals surface area contributed by atoms with Crippen LogP contribution >= 0.6 is 0 Å². The van der Waals surface area contributed by atoms with E-state index >= 15 is 0 Å². The summed E-state index contributed by atoms with van der Waals surface area (Å²) in [5.74, 6) is 0.110. The molecule has 1 amide bonds. The maximum absolute atomic E-state index is 12.7. The van der Waals surface area contributed by atoms with Gasteiger partial charge in [-0.05, 0) is 31.1 Å². The first-order chi connectivity index (χ1) is 10.2. The number of carbonyl (C=O) groups excluding carboxylic acids is 1. The van der Waals surface area contributed by atoms with Gasteiger partial charge in [0, 0.05) is 17.7 Å². The van der Waals surface area contributed by atoms with E-state index in [9.17, 15) is 4.79 Å². The summed E-state index contributed by atoms with van der Waals surface area (Å²) in [6.45, 7) is 4.93. The molecule has 0 radical (unpaired) electrons. The molecule has 0 unspecified atom stereocenters. The van der Waals surface area contributed by atoms with Gasteiger partial charge in [-0.2, -0.15) is 0 Å². The van der Waals surface area contributed by atoms with Crippen molar-refractivity contribution in [2.75, 3.05) is 11.4 Å². The van der Waals surface area contributed by atoms with Crippen LogP contribution in [-0.2, 0) is 4.79 Å². The highest BCUT2D eigenvalue weighted by Crippen LogP contribution is 2.37. The van der Waals surface area contributed by atoms with Gasteiger partial charge in [0.1, 0.15) is 0 Å². The second-order valence-corrected chi connectivity index (χ2v) is 5.44. The predicted molar refractivity (Wildman–Crippen MR) is 88.1 cm³/mol. The number of fused-ring (bicyclic) bond motifs is 1. The third-order valence-corrected chi connectivity index (χ3v) is 3.80. The number of para-hydroxylation sites is 1. The number of benzene rings is 2. The molecule has 2 aromatic rings. The van der Waals surface area contributed by atoms with E-state index in [4.69, 9.17) is 0 Å². The Morgan fingerprint density at radius 3 is 2.48 bits per heavy atom. The Kier molecular flexibility index (Phi) is 3.61. The molecule has 0 bridgehead atoms. The molecule has 0 N–H and O–H groups in total. The Morgan fingerprint density at radius 2 is 1.76 bits per heavy atom. The third kappa shape index (κ3) is 2.49. The fourth-order valence-electron chi connectivity index (χ4n) is 2.72. The minimum absolute atomic E-state index is 0.110. The molecular weight excluding hydrogens is 258 g/mol. The first-order valence-electron chi connectivity index (χ1n) is 7.40. The summed E-state index contributed by atoms with van der Waals surface area (Å²) in [4.78, 5) is 14.6. The fourth-order valence-corrected chi connectivity index (χ4v) is 2.72. The number of carbonyl (C=O) groups is 1. The van der Waals surface area contributed by atoms with Crippen LogP contribution in [-0.4, -0.2) is 12.5 Å². The Hall–Kier alpha value is -2.35. The van der Waals surface area contributed by atoms with Crippen molar-refractivity contribution in [3.63, 3.8) is 0 Å². The van der Waals surface area contributed by atoms with Gasteiger partial charge >= 0.3 is 0 Å². The van der Waals surface area contributed by atoms with Crippen molar-refractivity contribution in [1.29, 1.82) is 0 Å². The van der Waals surface area contributed by atoms with E-state index in [0.29, 0.717) is 0 Å². The van der Waals surface area contributed by atoms with Crippen LogP contribution < -0.4 is 4.90 Å². The van der Waals surface area contributed by atoms with Gasteiger partial charge in [0.15, 0.2) is 0 Å². The number of hydrogen-bond donors (Lipinski definition) is 0. The molecule has 0 saturated heterocycles. The zero-order valence-corrected chi connectivity index (χ0v) is 12.5. The monoisotopic (exact) mass is 277 g/mol. The maximum Gasteiger partial charge on any atom is 0.258 e. The second-order valence-electron chi connectivity index (χ2n) is 5.44. The molecular formula is C19H19NO. The van der Waals surface area contributed by atoms with E-state index in [1.165, 1.54) is 5.56 Å². The van der Waals surface area contributed by atoms with Gasteiger partial charge in [0.05, 0.1) is 5.69 Å². The van der Waals surface area contributed by atoms with Crippen molar-refractivity contribution in [3.05, 3.63) is 65.2 Å². The predicted octanol–water partition coefficient (Wildman–Crippen LogP) is 4.29. The van der Waals surface area contributed by atoms with Crippen molar-refractivity contribution < 1.29 is 4.79 Å². The number of hydrogen-bond acceptors (Lipinski definition) is 1. The van der Waals surface area contributed by atoms with Crippen LogP contribution in [0, 0.1) is 6.92 Å². The molecule has 1 aliphatic heterocycles. The lowest BCUT2D eigenvalue weighted by atomic mass is 10.0. The zero-order valence-electron chi connectivity index (χ0n) is 12.5. The van der Waals surface area contributed by atoms with Crippen molar-refractivity contribution in [3.8, 4) is 0 Å². The van der Waals surface area contributed by atoms with E-state index in [0.717, 1.165) is 35.4 Å². The average molecular weight is 277 g/mol. The van der Waals surface area contributed by atoms with E-state index < -0.39 is 0 Å². The van der Waals surface area contributed by atoms with E-state index in [1.807, 2.05) is 35.2 Å². The lowest BCUT2D eigenvalue weighted by Crippen LogP contribution is -2.26. The Morgan fingerprint density at radius 1 is 1.05 bits per heavy atom. The summed E-state index contributed by atoms with van der Waals surface area (Å²) in [6.07, 6.45) is 2.95. The lowest BCUT2D eigenvalue weighted by Gasteiger charge is -2.15. The average Bonchev–Trinajstić information content (AvgIpc) is 2.76. The number of rotatable bonds is 3. The smallest absolute Gasteiger partial charge is 0.258 e. The molecule has 0 atom stereocenters. The molecule has 21 heavy (non-hydrogen) atoms. The molecule has 0 saturated carbocycles. The second kappa shape index (κ2) is 5.57. The van der Waals surface area contributed by atoms with Gasteiger partial charge in [0.25, 0.3) is 5.91 Å². The van der Waals surface area contributed by atoms with Crippen LogP contribution in [0.2, 0.25) is 0 Å². The molecule has 0 aromatic heterocycles. The van der Waals surface area contributed by atoms with E-state index in [2.05, 4.69) is 38.1 Å². The molecule has 3 rings (SSSR count). The molecule has 106 valence electrons. The van der Waals surface area contributed by atoms with Crippen LogP contribution in [0.3, 0.4) is 0 Å². The van der Waals surface area contributed by atoms with Gasteiger partial charge in [-0.3, -0.25) is 4.79 Å². The molecule has 0 spiro atoms. The number of aryl methyl sites for hydroxylation is 1. The van der Waals surface area contributed by atoms with Gasteiger partial charge in [-0.15, -0.1) is 0 Å². The summed E-state index contributed by atoms with van der Waals surface area (Å²) in [5.41, 5.74) is 5.15. The van der Waals surface area contributed by atoms with Gasteiger partial charge in [0.2, 0.25) is 0 Å².